The van der Waals surface area contributed by atoms with Gasteiger partial charge in [0.15, 0.2) is 0 Å². The van der Waals surface area contributed by atoms with Crippen molar-refractivity contribution in [3.63, 3.8) is 0 Å². The molecular formula is C18H23BrN4O4S. The second-order valence-corrected chi connectivity index (χ2v) is 8.92. The van der Waals surface area contributed by atoms with Crippen LogP contribution in [0.2, 0.25) is 0 Å². The number of nitrogens with one attached hydrogen (secondary N) is 2. The fraction of sp³-hybridized carbons (Fsp3) is 0.333. The summed E-state index contributed by atoms with van der Waals surface area (Å²) >= 11 is 3.29. The van der Waals surface area contributed by atoms with Crippen molar-refractivity contribution in [3.8, 4) is 5.88 Å². The van der Waals surface area contributed by atoms with Gasteiger partial charge in [-0.3, -0.25) is 9.52 Å². The molecule has 1 aromatic heterocycles. The molecule has 2 N–H and O–H groups in total. The molecule has 2 rings (SSSR count). The molecule has 0 atom stereocenters. The van der Waals surface area contributed by atoms with Crippen LogP contribution in [0.5, 0.6) is 5.88 Å². The summed E-state index contributed by atoms with van der Waals surface area (Å²) in [6.07, 6.45) is 2.32. The standard InChI is InChI=1S/C18H23BrN4O4S/c1-13(24)21-15-5-7-16(8-6-15)28(25,26)22-17-11-14(19)12-20-18(17)27-10-4-9-23(2)3/h5-8,11-12,22H,4,9-10H2,1-3H3,(H,21,24). The second kappa shape index (κ2) is 9.85. The minimum absolute atomic E-state index is 0.0557. The Labute approximate surface area is 173 Å². The molecule has 152 valence electrons. The van der Waals surface area contributed by atoms with Crippen LogP contribution < -0.4 is 14.8 Å². The van der Waals surface area contributed by atoms with Crippen LogP contribution in [-0.4, -0.2) is 51.5 Å². The predicted molar refractivity (Wildman–Crippen MR) is 112 cm³/mol. The maximum Gasteiger partial charge on any atom is 0.262 e. The molecule has 0 saturated carbocycles. The number of carbonyl (C=O) groups is 1. The zero-order valence-electron chi connectivity index (χ0n) is 15.9. The topological polar surface area (TPSA) is 101 Å². The van der Waals surface area contributed by atoms with Gasteiger partial charge in [0.05, 0.1) is 11.5 Å². The van der Waals surface area contributed by atoms with E-state index >= 15 is 0 Å². The highest BCUT2D eigenvalue weighted by Gasteiger charge is 2.18. The monoisotopic (exact) mass is 470 g/mol. The Morgan fingerprint density at radius 1 is 1.25 bits per heavy atom. The number of hydrogen-bond donors (Lipinski definition) is 2. The van der Waals surface area contributed by atoms with E-state index in [4.69, 9.17) is 4.74 Å². The van der Waals surface area contributed by atoms with Gasteiger partial charge in [0, 0.05) is 29.8 Å². The number of benzene rings is 1. The van der Waals surface area contributed by atoms with Gasteiger partial charge in [-0.25, -0.2) is 13.4 Å². The summed E-state index contributed by atoms with van der Waals surface area (Å²) in [5, 5.41) is 2.59. The van der Waals surface area contributed by atoms with E-state index in [1.54, 1.807) is 12.3 Å². The molecule has 1 aromatic carbocycles. The second-order valence-electron chi connectivity index (χ2n) is 6.32. The number of aromatic nitrogens is 1. The Kier molecular flexibility index (Phi) is 7.78. The van der Waals surface area contributed by atoms with Crippen LogP contribution in [-0.2, 0) is 14.8 Å². The van der Waals surface area contributed by atoms with Gasteiger partial charge in [-0.05, 0) is 66.8 Å². The molecule has 0 aliphatic carbocycles. The summed E-state index contributed by atoms with van der Waals surface area (Å²) < 4.78 is 34.2. The zero-order chi connectivity index (χ0) is 20.7. The van der Waals surface area contributed by atoms with E-state index in [0.717, 1.165) is 13.0 Å². The van der Waals surface area contributed by atoms with E-state index in [1.807, 2.05) is 19.0 Å². The van der Waals surface area contributed by atoms with E-state index in [1.165, 1.54) is 31.2 Å². The normalized spacial score (nSPS) is 11.3. The highest BCUT2D eigenvalue weighted by Crippen LogP contribution is 2.28. The van der Waals surface area contributed by atoms with Crippen molar-refractivity contribution in [1.29, 1.82) is 0 Å². The van der Waals surface area contributed by atoms with Crippen LogP contribution in [0, 0.1) is 0 Å². The maximum absolute atomic E-state index is 12.7. The number of sulfonamides is 1. The van der Waals surface area contributed by atoms with Crippen molar-refractivity contribution in [2.24, 2.45) is 0 Å². The number of carbonyl (C=O) groups excluding carboxylic acids is 1. The predicted octanol–water partition coefficient (Wildman–Crippen LogP) is 2.93. The lowest BCUT2D eigenvalue weighted by Crippen LogP contribution is -2.17. The summed E-state index contributed by atoms with van der Waals surface area (Å²) in [4.78, 5) is 17.3. The number of halogens is 1. The lowest BCUT2D eigenvalue weighted by molar-refractivity contribution is -0.114. The highest BCUT2D eigenvalue weighted by atomic mass is 79.9. The van der Waals surface area contributed by atoms with Gasteiger partial charge in [0.2, 0.25) is 11.8 Å². The number of amides is 1. The Bertz CT molecular complexity index is 918. The Morgan fingerprint density at radius 2 is 1.93 bits per heavy atom. The number of rotatable bonds is 9. The summed E-state index contributed by atoms with van der Waals surface area (Å²) in [7, 11) is 0.0802. The van der Waals surface area contributed by atoms with Crippen molar-refractivity contribution in [1.82, 2.24) is 9.88 Å². The molecule has 0 bridgehead atoms. The molecular weight excluding hydrogens is 448 g/mol. The summed E-state index contributed by atoms with van der Waals surface area (Å²) in [5.41, 5.74) is 0.755. The van der Waals surface area contributed by atoms with Crippen molar-refractivity contribution in [2.45, 2.75) is 18.2 Å². The van der Waals surface area contributed by atoms with Crippen molar-refractivity contribution >= 4 is 43.2 Å². The Balaban J connectivity index is 2.16. The lowest BCUT2D eigenvalue weighted by atomic mass is 10.3. The Morgan fingerprint density at radius 3 is 2.54 bits per heavy atom. The number of ether oxygens (including phenoxy) is 1. The van der Waals surface area contributed by atoms with Gasteiger partial charge >= 0.3 is 0 Å². The van der Waals surface area contributed by atoms with Crippen LogP contribution in [0.4, 0.5) is 11.4 Å². The van der Waals surface area contributed by atoms with Gasteiger partial charge in [0.25, 0.3) is 10.0 Å². The molecule has 10 heteroatoms. The smallest absolute Gasteiger partial charge is 0.262 e. The summed E-state index contributed by atoms with van der Waals surface area (Å²) in [6.45, 7) is 2.64. The van der Waals surface area contributed by atoms with Gasteiger partial charge in [-0.15, -0.1) is 0 Å². The van der Waals surface area contributed by atoms with Crippen LogP contribution in [0.25, 0.3) is 0 Å². The minimum Gasteiger partial charge on any atom is -0.476 e. The largest absolute Gasteiger partial charge is 0.476 e. The van der Waals surface area contributed by atoms with Gasteiger partial charge in [0.1, 0.15) is 5.69 Å². The van der Waals surface area contributed by atoms with Crippen LogP contribution >= 0.6 is 15.9 Å². The van der Waals surface area contributed by atoms with Gasteiger partial charge in [-0.2, -0.15) is 0 Å². The third-order valence-corrected chi connectivity index (χ3v) is 5.35. The quantitative estimate of drug-likeness (QED) is 0.546. The molecule has 0 aliphatic heterocycles. The minimum atomic E-state index is -3.85. The van der Waals surface area contributed by atoms with Crippen molar-refractivity contribution < 1.29 is 17.9 Å². The molecule has 0 unspecified atom stereocenters. The molecule has 0 spiro atoms. The first-order valence-electron chi connectivity index (χ1n) is 8.51. The molecule has 0 aliphatic rings. The number of hydrogen-bond acceptors (Lipinski definition) is 6. The number of anilines is 2. The average Bonchev–Trinajstić information content (AvgIpc) is 2.59. The lowest BCUT2D eigenvalue weighted by Gasteiger charge is -2.14. The van der Waals surface area contributed by atoms with Gasteiger partial charge < -0.3 is 15.0 Å². The van der Waals surface area contributed by atoms with Crippen molar-refractivity contribution in [2.75, 3.05) is 37.3 Å². The summed E-state index contributed by atoms with van der Waals surface area (Å²) in [6, 6.07) is 7.46. The van der Waals surface area contributed by atoms with Crippen LogP contribution in [0.15, 0.2) is 45.9 Å². The third kappa shape index (κ3) is 6.77. The first-order chi connectivity index (χ1) is 13.2. The number of nitrogens with zero attached hydrogens (tertiary/aromatic N) is 2. The molecule has 0 saturated heterocycles. The molecule has 8 nitrogen and oxygen atoms in total. The van der Waals surface area contributed by atoms with E-state index in [0.29, 0.717) is 16.8 Å². The first-order valence-corrected chi connectivity index (χ1v) is 10.8. The molecule has 2 aromatic rings. The third-order valence-electron chi connectivity index (χ3n) is 3.54. The highest BCUT2D eigenvalue weighted by molar-refractivity contribution is 9.10. The van der Waals surface area contributed by atoms with E-state index in [9.17, 15) is 13.2 Å². The SMILES string of the molecule is CC(=O)Nc1ccc(S(=O)(=O)Nc2cc(Br)cnc2OCCCN(C)C)cc1. The van der Waals surface area contributed by atoms with E-state index < -0.39 is 10.0 Å². The average molecular weight is 471 g/mol. The fourth-order valence-corrected chi connectivity index (χ4v) is 3.67. The zero-order valence-corrected chi connectivity index (χ0v) is 18.3. The molecule has 0 radical (unpaired) electrons. The molecule has 28 heavy (non-hydrogen) atoms. The fourth-order valence-electron chi connectivity index (χ4n) is 2.29. The van der Waals surface area contributed by atoms with E-state index in [2.05, 4.69) is 31.0 Å². The van der Waals surface area contributed by atoms with Gasteiger partial charge in [-0.1, -0.05) is 0 Å². The van der Waals surface area contributed by atoms with E-state index in [-0.39, 0.29) is 22.4 Å². The van der Waals surface area contributed by atoms with Crippen molar-refractivity contribution in [3.05, 3.63) is 41.0 Å². The summed E-state index contributed by atoms with van der Waals surface area (Å²) in [5.74, 6) is -0.0228. The maximum atomic E-state index is 12.7. The number of pyridine rings is 1. The molecule has 1 heterocycles. The Hall–Kier alpha value is -2.17. The molecule has 0 fully saturated rings. The first kappa shape index (κ1) is 22.1. The molecule has 1 amide bonds. The van der Waals surface area contributed by atoms with Crippen LogP contribution in [0.3, 0.4) is 0 Å². The van der Waals surface area contributed by atoms with Crippen LogP contribution in [0.1, 0.15) is 13.3 Å².